The standard InChI is InChI=1S/C41H81N5O7.Gd/c1-4-5-6-7-8-9-10-11-12-13-14-15-16-17-18-19-20-21-22-23-32-46(2,3)37-38(47)33-42-24-26-43(34-39(48)49)28-30-45(36-41(52)53)31-29-44(27-25-42)35-40(50)51;/h38H,4-37H2,1-3H3,(H,48,49)(H,50,51)(H,52,53);/q;+3/p-3. The van der Waals surface area contributed by atoms with Gasteiger partial charge in [0.2, 0.25) is 0 Å². The van der Waals surface area contributed by atoms with Crippen molar-refractivity contribution in [2.75, 3.05) is 106 Å². The summed E-state index contributed by atoms with van der Waals surface area (Å²) in [5.74, 6) is -3.70. The molecule has 1 saturated heterocycles. The predicted molar refractivity (Wildman–Crippen MR) is 204 cm³/mol. The van der Waals surface area contributed by atoms with E-state index in [1.54, 1.807) is 14.7 Å². The van der Waals surface area contributed by atoms with E-state index in [1.807, 2.05) is 4.90 Å². The molecule has 54 heavy (non-hydrogen) atoms. The molecule has 1 radical (unpaired) electrons. The molecule has 13 heteroatoms. The van der Waals surface area contributed by atoms with E-state index in [4.69, 9.17) is 0 Å². The quantitative estimate of drug-likeness (QED) is 0.0726. The minimum absolute atomic E-state index is 0. The van der Waals surface area contributed by atoms with E-state index in [1.165, 1.54) is 122 Å². The number of likely N-dealkylation sites (N-methyl/N-ethyl adjacent to an activating group) is 1. The van der Waals surface area contributed by atoms with Crippen molar-refractivity contribution >= 4 is 17.9 Å². The van der Waals surface area contributed by atoms with Crippen molar-refractivity contribution in [2.45, 2.75) is 141 Å². The average molecular weight is 910 g/mol. The van der Waals surface area contributed by atoms with Crippen molar-refractivity contribution in [3.05, 3.63) is 0 Å². The second kappa shape index (κ2) is 34.5. The van der Waals surface area contributed by atoms with Crippen LogP contribution in [0.4, 0.5) is 0 Å². The molecule has 1 fully saturated rings. The van der Waals surface area contributed by atoms with Gasteiger partial charge in [0.25, 0.3) is 0 Å². The zero-order valence-corrected chi connectivity index (χ0v) is 36.8. The number of carboxylic acids is 3. The molecule has 1 atom stereocenters. The number of carboxylic acid groups (broad SMARTS) is 3. The molecule has 12 nitrogen and oxygen atoms in total. The number of carbonyl (C=O) groups excluding carboxylic acids is 3. The maximum absolute atomic E-state index is 13.4. The molecule has 1 unspecified atom stereocenters. The Bertz CT molecular complexity index is 916. The van der Waals surface area contributed by atoms with Crippen molar-refractivity contribution in [1.29, 1.82) is 0 Å². The van der Waals surface area contributed by atoms with Gasteiger partial charge in [-0.05, 0) is 19.4 Å². The Labute approximate surface area is 361 Å². The Balaban J connectivity index is 0.0000281. The summed E-state index contributed by atoms with van der Waals surface area (Å²) in [5, 5.41) is 47.6. The van der Waals surface area contributed by atoms with Gasteiger partial charge in [0.05, 0.1) is 45.1 Å². The molecule has 1 aliphatic heterocycles. The van der Waals surface area contributed by atoms with Gasteiger partial charge in [0.15, 0.2) is 0 Å². The average Bonchev–Trinajstić information content (AvgIpc) is 3.07. The first-order chi connectivity index (χ1) is 25.4. The van der Waals surface area contributed by atoms with Crippen molar-refractivity contribution in [2.24, 2.45) is 0 Å². The fourth-order valence-corrected chi connectivity index (χ4v) is 7.57. The first-order valence-corrected chi connectivity index (χ1v) is 21.4. The Morgan fingerprint density at radius 3 is 1.02 bits per heavy atom. The molecule has 0 spiro atoms. The van der Waals surface area contributed by atoms with Crippen molar-refractivity contribution < 1.29 is 79.2 Å². The third kappa shape index (κ3) is 32.6. The van der Waals surface area contributed by atoms with Crippen LogP contribution in [-0.4, -0.2) is 154 Å². The van der Waals surface area contributed by atoms with Gasteiger partial charge in [-0.2, -0.15) is 0 Å². The van der Waals surface area contributed by atoms with Gasteiger partial charge < -0.3 is 44.2 Å². The van der Waals surface area contributed by atoms with Crippen LogP contribution in [0.2, 0.25) is 0 Å². The maximum atomic E-state index is 13.4. The fourth-order valence-electron chi connectivity index (χ4n) is 7.57. The SMILES string of the molecule is CCCCCCCCCCCCCCCCCCCCCC[N+](C)(C)CC([O-])CN1CCN(CC(=O)[O-])CCN(CC(=O)[O-])CCN(CC(=O)[O-])CC1.[Gd+3]. The first-order valence-electron chi connectivity index (χ1n) is 21.4. The van der Waals surface area contributed by atoms with E-state index in [0.29, 0.717) is 50.3 Å². The van der Waals surface area contributed by atoms with Crippen molar-refractivity contribution in [1.82, 2.24) is 19.6 Å². The molecule has 1 aliphatic rings. The maximum Gasteiger partial charge on any atom is 3.00 e. The Kier molecular flexibility index (Phi) is 34.2. The molecule has 0 aliphatic carbocycles. The summed E-state index contributed by atoms with van der Waals surface area (Å²) >= 11 is 0. The van der Waals surface area contributed by atoms with E-state index in [2.05, 4.69) is 21.0 Å². The van der Waals surface area contributed by atoms with Crippen LogP contribution in [-0.2, 0) is 14.4 Å². The van der Waals surface area contributed by atoms with Crippen LogP contribution < -0.4 is 20.4 Å². The van der Waals surface area contributed by atoms with Crippen LogP contribution in [0.3, 0.4) is 0 Å². The number of quaternary nitrogens is 1. The summed E-state index contributed by atoms with van der Waals surface area (Å²) in [4.78, 5) is 41.2. The summed E-state index contributed by atoms with van der Waals surface area (Å²) in [6, 6.07) is 0. The van der Waals surface area contributed by atoms with Crippen molar-refractivity contribution in [3.63, 3.8) is 0 Å². The van der Waals surface area contributed by atoms with Gasteiger partial charge >= 0.3 is 39.9 Å². The summed E-state index contributed by atoms with van der Waals surface area (Å²) < 4.78 is 0.642. The molecule has 0 amide bonds. The molecule has 1 heterocycles. The Morgan fingerprint density at radius 2 is 0.741 bits per heavy atom. The number of unbranched alkanes of at least 4 members (excludes halogenated alkanes) is 19. The van der Waals surface area contributed by atoms with Crippen LogP contribution in [0, 0.1) is 39.9 Å². The molecule has 0 aromatic rings. The van der Waals surface area contributed by atoms with Crippen LogP contribution in [0.5, 0.6) is 0 Å². The molecular formula is C41H78GdN5O7. The van der Waals surface area contributed by atoms with Crippen LogP contribution in [0.25, 0.3) is 0 Å². The number of hydrogen-bond acceptors (Lipinski definition) is 11. The summed E-state index contributed by atoms with van der Waals surface area (Å²) in [7, 11) is 4.22. The Morgan fingerprint density at radius 1 is 0.481 bits per heavy atom. The predicted octanol–water partition coefficient (Wildman–Crippen LogP) is 1.08. The largest absolute Gasteiger partial charge is 3.00 e. The molecule has 0 aromatic heterocycles. The second-order valence-corrected chi connectivity index (χ2v) is 16.4. The van der Waals surface area contributed by atoms with E-state index < -0.39 is 24.0 Å². The minimum Gasteiger partial charge on any atom is -0.847 e. The molecule has 0 aromatic carbocycles. The van der Waals surface area contributed by atoms with E-state index in [-0.39, 0.29) is 79.2 Å². The molecule has 317 valence electrons. The van der Waals surface area contributed by atoms with Gasteiger partial charge in [-0.1, -0.05) is 129 Å². The summed E-state index contributed by atoms with van der Waals surface area (Å²) in [5.41, 5.74) is 0. The van der Waals surface area contributed by atoms with Gasteiger partial charge in [-0.15, -0.1) is 0 Å². The minimum atomic E-state index is -1.26. The monoisotopic (exact) mass is 911 g/mol. The van der Waals surface area contributed by atoms with Gasteiger partial charge in [-0.3, -0.25) is 14.7 Å². The summed E-state index contributed by atoms with van der Waals surface area (Å²) in [6.07, 6.45) is 26.2. The van der Waals surface area contributed by atoms with Crippen LogP contribution in [0.15, 0.2) is 0 Å². The number of rotatable bonds is 31. The van der Waals surface area contributed by atoms with Crippen LogP contribution in [0.1, 0.15) is 135 Å². The fraction of sp³-hybridized carbons (Fsp3) is 0.927. The molecule has 0 bridgehead atoms. The summed E-state index contributed by atoms with van der Waals surface area (Å²) in [6.45, 7) is 5.74. The van der Waals surface area contributed by atoms with E-state index in [9.17, 15) is 34.8 Å². The van der Waals surface area contributed by atoms with Crippen molar-refractivity contribution in [3.8, 4) is 0 Å². The van der Waals surface area contributed by atoms with E-state index in [0.717, 1.165) is 13.0 Å². The van der Waals surface area contributed by atoms with Gasteiger partial charge in [-0.25, -0.2) is 0 Å². The number of hydrogen-bond donors (Lipinski definition) is 0. The number of aliphatic carboxylic acids is 3. The van der Waals surface area contributed by atoms with Crippen LogP contribution >= 0.6 is 0 Å². The van der Waals surface area contributed by atoms with Gasteiger partial charge in [0.1, 0.15) is 0 Å². The third-order valence-electron chi connectivity index (χ3n) is 10.8. The first kappa shape index (κ1) is 53.5. The topological polar surface area (TPSA) is 156 Å². The Hall–Kier alpha value is -0.505. The smallest absolute Gasteiger partial charge is 0.847 e. The molecule has 0 N–H and O–H groups in total. The number of nitrogens with zero attached hydrogens (tertiary/aromatic N) is 5. The molecule has 1 rings (SSSR count). The normalized spacial score (nSPS) is 16.7. The second-order valence-electron chi connectivity index (χ2n) is 16.4. The number of carbonyl (C=O) groups is 3. The molecule has 0 saturated carbocycles. The molecular weight excluding hydrogens is 832 g/mol. The van der Waals surface area contributed by atoms with Gasteiger partial charge in [0, 0.05) is 72.0 Å². The third-order valence-corrected chi connectivity index (χ3v) is 10.8. The zero-order valence-electron chi connectivity index (χ0n) is 34.6. The zero-order chi connectivity index (χ0) is 39.2. The van der Waals surface area contributed by atoms with E-state index >= 15 is 0 Å².